The SMILES string of the molecule is COc1cccc2c1ccn2CCCCCB(O)O.OB(O)CCCCCn1ccc2cc3c(cc21)OCO3. The molecule has 9 nitrogen and oxygen atoms in total. The lowest BCUT2D eigenvalue weighted by atomic mass is 9.83. The Morgan fingerprint density at radius 1 is 0.744 bits per heavy atom. The molecule has 11 heteroatoms. The molecule has 0 saturated carbocycles. The monoisotopic (exact) mass is 536 g/mol. The van der Waals surface area contributed by atoms with Gasteiger partial charge in [-0.1, -0.05) is 31.7 Å². The van der Waals surface area contributed by atoms with E-state index in [-0.39, 0.29) is 0 Å². The van der Waals surface area contributed by atoms with Crippen LogP contribution in [0, 0.1) is 0 Å². The summed E-state index contributed by atoms with van der Waals surface area (Å²) in [4.78, 5) is 0. The van der Waals surface area contributed by atoms with Crippen LogP contribution in [0.25, 0.3) is 21.8 Å². The van der Waals surface area contributed by atoms with Crippen molar-refractivity contribution >= 4 is 36.0 Å². The van der Waals surface area contributed by atoms with Gasteiger partial charge < -0.3 is 43.4 Å². The maximum Gasteiger partial charge on any atom is 0.451 e. The first-order chi connectivity index (χ1) is 19.0. The highest BCUT2D eigenvalue weighted by atomic mass is 16.7. The van der Waals surface area contributed by atoms with Crippen molar-refractivity contribution in [1.29, 1.82) is 0 Å². The molecule has 208 valence electrons. The Morgan fingerprint density at radius 3 is 2.00 bits per heavy atom. The van der Waals surface area contributed by atoms with Crippen molar-refractivity contribution in [2.75, 3.05) is 13.9 Å². The van der Waals surface area contributed by atoms with E-state index in [1.54, 1.807) is 7.11 Å². The predicted octanol–water partition coefficient (Wildman–Crippen LogP) is 4.31. The fraction of sp³-hybridized carbons (Fsp3) is 0.429. The van der Waals surface area contributed by atoms with Gasteiger partial charge in [0.05, 0.1) is 18.1 Å². The molecular weight excluding hydrogens is 498 g/mol. The van der Waals surface area contributed by atoms with E-state index < -0.39 is 14.2 Å². The molecule has 5 rings (SSSR count). The number of aromatic nitrogens is 2. The van der Waals surface area contributed by atoms with E-state index >= 15 is 0 Å². The lowest BCUT2D eigenvalue weighted by Gasteiger charge is -2.07. The summed E-state index contributed by atoms with van der Waals surface area (Å²) in [6.45, 7) is 2.16. The lowest BCUT2D eigenvalue weighted by molar-refractivity contribution is 0.174. The Kier molecular flexibility index (Phi) is 10.6. The zero-order valence-corrected chi connectivity index (χ0v) is 22.5. The number of hydrogen-bond donors (Lipinski definition) is 4. The molecule has 3 heterocycles. The van der Waals surface area contributed by atoms with Crippen molar-refractivity contribution in [3.05, 3.63) is 54.9 Å². The van der Waals surface area contributed by atoms with Crippen LogP contribution in [-0.2, 0) is 13.1 Å². The van der Waals surface area contributed by atoms with Crippen LogP contribution in [0.5, 0.6) is 17.2 Å². The molecule has 0 unspecified atom stereocenters. The van der Waals surface area contributed by atoms with E-state index in [1.165, 1.54) is 5.52 Å². The van der Waals surface area contributed by atoms with E-state index in [4.69, 9.17) is 34.3 Å². The highest BCUT2D eigenvalue weighted by molar-refractivity contribution is 6.41. The first-order valence-corrected chi connectivity index (χ1v) is 13.7. The van der Waals surface area contributed by atoms with Gasteiger partial charge in [-0.05, 0) is 55.8 Å². The molecule has 0 saturated heterocycles. The van der Waals surface area contributed by atoms with E-state index in [9.17, 15) is 0 Å². The molecule has 1 aliphatic rings. The summed E-state index contributed by atoms with van der Waals surface area (Å²) in [6.07, 6.45) is 10.8. The van der Waals surface area contributed by atoms with E-state index in [0.29, 0.717) is 19.4 Å². The van der Waals surface area contributed by atoms with Gasteiger partial charge >= 0.3 is 14.2 Å². The molecule has 0 radical (unpaired) electrons. The molecule has 0 bridgehead atoms. The van der Waals surface area contributed by atoms with Crippen molar-refractivity contribution in [3.8, 4) is 17.2 Å². The summed E-state index contributed by atoms with van der Waals surface area (Å²) < 4.78 is 20.5. The lowest BCUT2D eigenvalue weighted by Crippen LogP contribution is -2.09. The molecule has 4 aromatic rings. The topological polar surface area (TPSA) is 118 Å². The summed E-state index contributed by atoms with van der Waals surface area (Å²) >= 11 is 0. The molecule has 2 aromatic carbocycles. The van der Waals surface area contributed by atoms with Crippen molar-refractivity contribution in [1.82, 2.24) is 9.13 Å². The van der Waals surface area contributed by atoms with Crippen LogP contribution in [0.2, 0.25) is 12.6 Å². The number of fused-ring (bicyclic) bond motifs is 3. The van der Waals surface area contributed by atoms with Crippen molar-refractivity contribution in [2.45, 2.75) is 64.3 Å². The summed E-state index contributed by atoms with van der Waals surface area (Å²) in [7, 11) is -0.662. The second-order valence-electron chi connectivity index (χ2n) is 9.84. The molecule has 4 N–H and O–H groups in total. The smallest absolute Gasteiger partial charge is 0.451 e. The molecule has 2 aromatic heterocycles. The third-order valence-corrected chi connectivity index (χ3v) is 6.98. The molecule has 0 amide bonds. The quantitative estimate of drug-likeness (QED) is 0.149. The summed E-state index contributed by atoms with van der Waals surface area (Å²) in [5, 5.41) is 37.4. The summed E-state index contributed by atoms with van der Waals surface area (Å²) in [5.41, 5.74) is 2.33. The maximum atomic E-state index is 8.79. The van der Waals surface area contributed by atoms with Crippen LogP contribution >= 0.6 is 0 Å². The summed E-state index contributed by atoms with van der Waals surface area (Å²) in [6, 6.07) is 14.2. The van der Waals surface area contributed by atoms with Gasteiger partial charge in [-0.2, -0.15) is 0 Å². The maximum absolute atomic E-state index is 8.79. The normalized spacial score (nSPS) is 12.0. The Labute approximate surface area is 229 Å². The van der Waals surface area contributed by atoms with E-state index in [0.717, 1.165) is 85.2 Å². The van der Waals surface area contributed by atoms with Crippen LogP contribution in [0.3, 0.4) is 0 Å². The largest absolute Gasteiger partial charge is 0.496 e. The highest BCUT2D eigenvalue weighted by Gasteiger charge is 2.15. The number of unbranched alkanes of at least 4 members (excludes halogenated alkanes) is 4. The minimum Gasteiger partial charge on any atom is -0.496 e. The standard InChI is InChI=1S/C14H18BNO4.C14H20BNO3/c17-15(18)5-2-1-3-6-16-7-4-11-8-13-14(9-12(11)16)20-10-19-13;1-19-14-7-5-6-13-12(14)8-11-16(13)10-4-2-3-9-15(17)18/h4,7-9,17-18H,1-3,5-6,10H2;5-8,11,17-18H,2-4,9-10H2,1H3. The van der Waals surface area contributed by atoms with Gasteiger partial charge in [-0.25, -0.2) is 0 Å². The van der Waals surface area contributed by atoms with Crippen LogP contribution in [0.15, 0.2) is 54.9 Å². The fourth-order valence-corrected chi connectivity index (χ4v) is 4.91. The number of ether oxygens (including phenoxy) is 3. The van der Waals surface area contributed by atoms with Gasteiger partial charge in [0.15, 0.2) is 11.5 Å². The van der Waals surface area contributed by atoms with Gasteiger partial charge in [0.1, 0.15) is 5.75 Å². The van der Waals surface area contributed by atoms with Crippen LogP contribution < -0.4 is 14.2 Å². The van der Waals surface area contributed by atoms with Gasteiger partial charge in [0.2, 0.25) is 6.79 Å². The van der Waals surface area contributed by atoms with Gasteiger partial charge in [0.25, 0.3) is 0 Å². The third kappa shape index (κ3) is 7.95. The minimum atomic E-state index is -1.18. The fourth-order valence-electron chi connectivity index (χ4n) is 4.91. The third-order valence-electron chi connectivity index (χ3n) is 6.98. The molecule has 1 aliphatic heterocycles. The first kappa shape index (κ1) is 28.9. The number of methoxy groups -OCH3 is 1. The van der Waals surface area contributed by atoms with Gasteiger partial charge in [-0.3, -0.25) is 0 Å². The molecule has 0 fully saturated rings. The van der Waals surface area contributed by atoms with Crippen molar-refractivity contribution < 1.29 is 34.3 Å². The molecule has 0 aliphatic carbocycles. The number of aryl methyl sites for hydroxylation is 2. The zero-order valence-electron chi connectivity index (χ0n) is 22.5. The van der Waals surface area contributed by atoms with E-state index in [1.807, 2.05) is 24.3 Å². The average Bonchev–Trinajstić information content (AvgIpc) is 3.65. The van der Waals surface area contributed by atoms with Crippen molar-refractivity contribution in [2.24, 2.45) is 0 Å². The average molecular weight is 536 g/mol. The Hall–Kier alpha value is -3.11. The number of hydrogen-bond acceptors (Lipinski definition) is 7. The highest BCUT2D eigenvalue weighted by Crippen LogP contribution is 2.36. The molecule has 0 atom stereocenters. The van der Waals surface area contributed by atoms with Crippen molar-refractivity contribution in [3.63, 3.8) is 0 Å². The predicted molar refractivity (Wildman–Crippen MR) is 154 cm³/mol. The second-order valence-corrected chi connectivity index (χ2v) is 9.84. The number of nitrogens with zero attached hydrogens (tertiary/aromatic N) is 2. The summed E-state index contributed by atoms with van der Waals surface area (Å²) in [5.74, 6) is 2.52. The van der Waals surface area contributed by atoms with Crippen LogP contribution in [-0.4, -0.2) is 57.4 Å². The number of benzene rings is 2. The van der Waals surface area contributed by atoms with Crippen LogP contribution in [0.4, 0.5) is 0 Å². The van der Waals surface area contributed by atoms with Crippen LogP contribution in [0.1, 0.15) is 38.5 Å². The van der Waals surface area contributed by atoms with E-state index in [2.05, 4.69) is 39.7 Å². The Balaban J connectivity index is 0.000000181. The Morgan fingerprint density at radius 2 is 1.36 bits per heavy atom. The number of rotatable bonds is 13. The first-order valence-electron chi connectivity index (χ1n) is 13.7. The second kappa shape index (κ2) is 14.3. The molecule has 0 spiro atoms. The zero-order chi connectivity index (χ0) is 27.6. The van der Waals surface area contributed by atoms with Gasteiger partial charge in [-0.15, -0.1) is 0 Å². The van der Waals surface area contributed by atoms with Gasteiger partial charge in [0, 0.05) is 42.3 Å². The molecular formula is C28H38B2N2O7. The minimum absolute atomic E-state index is 0.297. The Bertz CT molecular complexity index is 1320. The molecule has 39 heavy (non-hydrogen) atoms.